The van der Waals surface area contributed by atoms with Gasteiger partial charge in [-0.2, -0.15) is 0 Å². The molecule has 18 heavy (non-hydrogen) atoms. The molecule has 3 nitrogen and oxygen atoms in total. The Balaban J connectivity index is 2.22. The minimum Gasteiger partial charge on any atom is -0.397 e. The number of nitrogens with two attached hydrogens (primary N) is 1. The zero-order chi connectivity index (χ0) is 13.1. The third kappa shape index (κ3) is 2.90. The average molecular weight is 357 g/mol. The largest absolute Gasteiger partial charge is 0.397 e. The Kier molecular flexibility index (Phi) is 4.00. The molecule has 1 unspecified atom stereocenters. The fourth-order valence-electron chi connectivity index (χ4n) is 1.66. The van der Waals surface area contributed by atoms with Crippen LogP contribution in [0.25, 0.3) is 0 Å². The first-order valence-electron chi connectivity index (χ1n) is 5.49. The van der Waals surface area contributed by atoms with Crippen molar-refractivity contribution in [3.63, 3.8) is 0 Å². The first-order valence-corrected chi connectivity index (χ1v) is 6.57. The highest BCUT2D eigenvalue weighted by molar-refractivity contribution is 14.1. The van der Waals surface area contributed by atoms with Gasteiger partial charge >= 0.3 is 0 Å². The number of aromatic nitrogens is 1. The molecular weight excluding hydrogens is 344 g/mol. The van der Waals surface area contributed by atoms with Crippen LogP contribution in [0.1, 0.15) is 18.5 Å². The highest BCUT2D eigenvalue weighted by Gasteiger charge is 2.10. The molecule has 0 aliphatic heterocycles. The molecule has 2 rings (SSSR count). The average Bonchev–Trinajstić information content (AvgIpc) is 2.37. The van der Waals surface area contributed by atoms with E-state index in [1.807, 2.05) is 41.6 Å². The Bertz CT molecular complexity index is 545. The van der Waals surface area contributed by atoms with Crippen LogP contribution in [0.2, 0.25) is 0 Å². The van der Waals surface area contributed by atoms with Gasteiger partial charge in [0.05, 0.1) is 14.9 Å². The molecule has 1 atom stereocenters. The highest BCUT2D eigenvalue weighted by atomic mass is 127. The van der Waals surface area contributed by atoms with Crippen LogP contribution < -0.4 is 11.1 Å². The lowest BCUT2D eigenvalue weighted by Gasteiger charge is -2.17. The summed E-state index contributed by atoms with van der Waals surface area (Å²) in [5.74, 6) is -0.269. The van der Waals surface area contributed by atoms with Crippen molar-refractivity contribution in [1.29, 1.82) is 0 Å². The van der Waals surface area contributed by atoms with Crippen molar-refractivity contribution in [1.82, 2.24) is 4.98 Å². The summed E-state index contributed by atoms with van der Waals surface area (Å²) in [6, 6.07) is 6.91. The van der Waals surface area contributed by atoms with Gasteiger partial charge in [0.25, 0.3) is 0 Å². The van der Waals surface area contributed by atoms with Crippen LogP contribution in [0.15, 0.2) is 36.7 Å². The van der Waals surface area contributed by atoms with Gasteiger partial charge in [0.1, 0.15) is 5.82 Å². The lowest BCUT2D eigenvalue weighted by atomic mass is 10.1. The van der Waals surface area contributed by atoms with Gasteiger partial charge in [-0.15, -0.1) is 0 Å². The zero-order valence-electron chi connectivity index (χ0n) is 9.82. The fraction of sp³-hybridized carbons (Fsp3) is 0.154. The van der Waals surface area contributed by atoms with Gasteiger partial charge < -0.3 is 11.1 Å². The molecule has 0 aliphatic carbocycles. The van der Waals surface area contributed by atoms with Crippen molar-refractivity contribution in [2.45, 2.75) is 13.0 Å². The van der Waals surface area contributed by atoms with Crippen molar-refractivity contribution in [2.75, 3.05) is 11.1 Å². The van der Waals surface area contributed by atoms with E-state index in [9.17, 15) is 4.39 Å². The number of rotatable bonds is 3. The Morgan fingerprint density at radius 2 is 2.00 bits per heavy atom. The summed E-state index contributed by atoms with van der Waals surface area (Å²) < 4.78 is 14.0. The number of nitrogen functional groups attached to an aromatic ring is 1. The van der Waals surface area contributed by atoms with Gasteiger partial charge in [0, 0.05) is 24.5 Å². The van der Waals surface area contributed by atoms with Crippen LogP contribution in [0, 0.1) is 9.39 Å². The second-order valence-electron chi connectivity index (χ2n) is 4.00. The second-order valence-corrected chi connectivity index (χ2v) is 5.16. The Morgan fingerprint density at radius 1 is 1.33 bits per heavy atom. The topological polar surface area (TPSA) is 50.9 Å². The third-order valence-electron chi connectivity index (χ3n) is 2.67. The molecule has 1 aromatic heterocycles. The maximum Gasteiger partial charge on any atom is 0.138 e. The minimum atomic E-state index is -0.269. The van der Waals surface area contributed by atoms with E-state index in [-0.39, 0.29) is 11.9 Å². The molecule has 0 saturated heterocycles. The van der Waals surface area contributed by atoms with Crippen LogP contribution in [-0.4, -0.2) is 4.98 Å². The number of anilines is 2. The molecule has 0 amide bonds. The Labute approximate surface area is 119 Å². The molecule has 3 N–H and O–H groups in total. The summed E-state index contributed by atoms with van der Waals surface area (Å²) in [6.07, 6.45) is 3.46. The smallest absolute Gasteiger partial charge is 0.138 e. The predicted octanol–water partition coefficient (Wildman–Crippen LogP) is 3.58. The summed E-state index contributed by atoms with van der Waals surface area (Å²) in [5.41, 5.74) is 8.09. The monoisotopic (exact) mass is 357 g/mol. The van der Waals surface area contributed by atoms with Crippen molar-refractivity contribution in [3.8, 4) is 0 Å². The number of hydrogen-bond acceptors (Lipinski definition) is 3. The summed E-state index contributed by atoms with van der Waals surface area (Å²) >= 11 is 1.92. The first-order chi connectivity index (χ1) is 8.58. The van der Waals surface area contributed by atoms with E-state index in [0.29, 0.717) is 14.9 Å². The molecule has 0 saturated carbocycles. The van der Waals surface area contributed by atoms with Crippen LogP contribution >= 0.6 is 22.6 Å². The molecule has 0 spiro atoms. The van der Waals surface area contributed by atoms with Gasteiger partial charge in [-0.25, -0.2) is 4.39 Å². The zero-order valence-corrected chi connectivity index (χ0v) is 12.0. The number of hydrogen-bond donors (Lipinski definition) is 2. The van der Waals surface area contributed by atoms with Gasteiger partial charge in [0.15, 0.2) is 0 Å². The Morgan fingerprint density at radius 3 is 2.67 bits per heavy atom. The van der Waals surface area contributed by atoms with Gasteiger partial charge in [-0.3, -0.25) is 4.98 Å². The lowest BCUT2D eigenvalue weighted by Crippen LogP contribution is -2.09. The van der Waals surface area contributed by atoms with Crippen molar-refractivity contribution in [2.24, 2.45) is 0 Å². The van der Waals surface area contributed by atoms with Crippen molar-refractivity contribution < 1.29 is 4.39 Å². The molecule has 94 valence electrons. The van der Waals surface area contributed by atoms with Crippen LogP contribution in [0.5, 0.6) is 0 Å². The number of nitrogens with one attached hydrogen (secondary N) is 1. The van der Waals surface area contributed by atoms with Crippen molar-refractivity contribution >= 4 is 34.0 Å². The third-order valence-corrected chi connectivity index (χ3v) is 3.50. The second kappa shape index (κ2) is 5.51. The summed E-state index contributed by atoms with van der Waals surface area (Å²) in [5, 5.41) is 3.20. The molecule has 1 heterocycles. The normalized spacial score (nSPS) is 12.2. The standard InChI is InChI=1S/C13H13FIN3/c1-8(9-2-4-17-5-3-9)18-13-6-10(14)11(15)7-12(13)16/h2-8,18H,16H2,1H3. The SMILES string of the molecule is CC(Nc1cc(F)c(I)cc1N)c1ccncc1. The molecule has 0 bridgehead atoms. The molecule has 0 fully saturated rings. The summed E-state index contributed by atoms with van der Waals surface area (Å²) in [6.45, 7) is 1.99. The molecule has 5 heteroatoms. The maximum absolute atomic E-state index is 13.5. The van der Waals surface area contributed by atoms with E-state index in [1.54, 1.807) is 18.5 Å². The summed E-state index contributed by atoms with van der Waals surface area (Å²) in [4.78, 5) is 3.96. The van der Waals surface area contributed by atoms with Crippen LogP contribution in [-0.2, 0) is 0 Å². The minimum absolute atomic E-state index is 0.0368. The van der Waals surface area contributed by atoms with E-state index in [1.165, 1.54) is 6.07 Å². The fourth-order valence-corrected chi connectivity index (χ4v) is 2.15. The van der Waals surface area contributed by atoms with Gasteiger partial charge in [0.2, 0.25) is 0 Å². The number of nitrogens with zero attached hydrogens (tertiary/aromatic N) is 1. The van der Waals surface area contributed by atoms with E-state index >= 15 is 0 Å². The Hall–Kier alpha value is -1.37. The molecule has 0 radical (unpaired) electrons. The van der Waals surface area contributed by atoms with Crippen LogP contribution in [0.4, 0.5) is 15.8 Å². The number of pyridine rings is 1. The van der Waals surface area contributed by atoms with Gasteiger partial charge in [-0.05, 0) is 53.3 Å². The molecule has 1 aromatic carbocycles. The number of halogens is 2. The quantitative estimate of drug-likeness (QED) is 0.652. The van der Waals surface area contributed by atoms with E-state index in [2.05, 4.69) is 10.3 Å². The van der Waals surface area contributed by atoms with E-state index in [0.717, 1.165) is 5.56 Å². The van der Waals surface area contributed by atoms with E-state index in [4.69, 9.17) is 5.73 Å². The molecule has 2 aromatic rings. The van der Waals surface area contributed by atoms with E-state index < -0.39 is 0 Å². The predicted molar refractivity (Wildman–Crippen MR) is 79.8 cm³/mol. The van der Waals surface area contributed by atoms with Crippen molar-refractivity contribution in [3.05, 3.63) is 51.6 Å². The lowest BCUT2D eigenvalue weighted by molar-refractivity contribution is 0.620. The van der Waals surface area contributed by atoms with Gasteiger partial charge in [-0.1, -0.05) is 0 Å². The molecule has 0 aliphatic rings. The number of benzene rings is 1. The highest BCUT2D eigenvalue weighted by Crippen LogP contribution is 2.27. The maximum atomic E-state index is 13.5. The van der Waals surface area contributed by atoms with Crippen LogP contribution in [0.3, 0.4) is 0 Å². The molecular formula is C13H13FIN3. The first kappa shape index (κ1) is 13.1. The summed E-state index contributed by atoms with van der Waals surface area (Å²) in [7, 11) is 0.